The SMILES string of the molecule is COC(=O)CCNc1cc(C)nc(Cl)n1. The highest BCUT2D eigenvalue weighted by Gasteiger charge is 2.02. The lowest BCUT2D eigenvalue weighted by atomic mass is 10.4. The van der Waals surface area contributed by atoms with Gasteiger partial charge < -0.3 is 10.1 Å². The summed E-state index contributed by atoms with van der Waals surface area (Å²) in [5.74, 6) is 0.343. The van der Waals surface area contributed by atoms with Crippen LogP contribution in [0.5, 0.6) is 0 Å². The van der Waals surface area contributed by atoms with Crippen molar-refractivity contribution < 1.29 is 9.53 Å². The van der Waals surface area contributed by atoms with Gasteiger partial charge >= 0.3 is 5.97 Å². The highest BCUT2D eigenvalue weighted by atomic mass is 35.5. The molecule has 0 aromatic carbocycles. The van der Waals surface area contributed by atoms with Crippen LogP contribution in [-0.4, -0.2) is 29.6 Å². The number of hydrogen-bond acceptors (Lipinski definition) is 5. The second-order valence-electron chi connectivity index (χ2n) is 2.92. The van der Waals surface area contributed by atoms with Gasteiger partial charge in [0.25, 0.3) is 0 Å². The molecule has 15 heavy (non-hydrogen) atoms. The van der Waals surface area contributed by atoms with Crippen molar-refractivity contribution in [3.05, 3.63) is 17.0 Å². The van der Waals surface area contributed by atoms with E-state index in [1.165, 1.54) is 7.11 Å². The highest BCUT2D eigenvalue weighted by molar-refractivity contribution is 6.28. The van der Waals surface area contributed by atoms with Gasteiger partial charge in [-0.15, -0.1) is 0 Å². The number of esters is 1. The summed E-state index contributed by atoms with van der Waals surface area (Å²) in [6, 6.07) is 1.75. The molecule has 0 atom stereocenters. The maximum atomic E-state index is 10.8. The lowest BCUT2D eigenvalue weighted by Gasteiger charge is -2.05. The first-order valence-corrected chi connectivity index (χ1v) is 4.81. The van der Waals surface area contributed by atoms with E-state index in [0.29, 0.717) is 12.4 Å². The Morgan fingerprint density at radius 2 is 2.33 bits per heavy atom. The number of anilines is 1. The Morgan fingerprint density at radius 3 is 2.93 bits per heavy atom. The van der Waals surface area contributed by atoms with Crippen molar-refractivity contribution in [1.29, 1.82) is 0 Å². The van der Waals surface area contributed by atoms with E-state index in [-0.39, 0.29) is 17.7 Å². The van der Waals surface area contributed by atoms with Gasteiger partial charge in [0.1, 0.15) is 5.82 Å². The fourth-order valence-electron chi connectivity index (χ4n) is 1.02. The van der Waals surface area contributed by atoms with E-state index < -0.39 is 0 Å². The average Bonchev–Trinajstić information content (AvgIpc) is 2.16. The molecule has 0 radical (unpaired) electrons. The van der Waals surface area contributed by atoms with Crippen molar-refractivity contribution in [2.45, 2.75) is 13.3 Å². The van der Waals surface area contributed by atoms with Gasteiger partial charge in [0.15, 0.2) is 0 Å². The van der Waals surface area contributed by atoms with Crippen LogP contribution >= 0.6 is 11.6 Å². The standard InChI is InChI=1S/C9H12ClN3O2/c1-6-5-7(13-9(10)12-6)11-4-3-8(14)15-2/h5H,3-4H2,1-2H3,(H,11,12,13). The molecule has 1 aromatic rings. The van der Waals surface area contributed by atoms with Gasteiger partial charge in [-0.2, -0.15) is 0 Å². The molecule has 0 aliphatic heterocycles. The molecule has 0 spiro atoms. The molecule has 0 fully saturated rings. The van der Waals surface area contributed by atoms with Gasteiger partial charge in [-0.1, -0.05) is 0 Å². The Balaban J connectivity index is 2.47. The number of aromatic nitrogens is 2. The number of hydrogen-bond donors (Lipinski definition) is 1. The largest absolute Gasteiger partial charge is 0.469 e. The van der Waals surface area contributed by atoms with Gasteiger partial charge in [0.05, 0.1) is 13.5 Å². The van der Waals surface area contributed by atoms with E-state index in [1.807, 2.05) is 6.92 Å². The van der Waals surface area contributed by atoms with Crippen LogP contribution < -0.4 is 5.32 Å². The van der Waals surface area contributed by atoms with Crippen LogP contribution in [0.25, 0.3) is 0 Å². The second kappa shape index (κ2) is 5.50. The van der Waals surface area contributed by atoms with Gasteiger partial charge in [0, 0.05) is 18.3 Å². The molecule has 82 valence electrons. The normalized spacial score (nSPS) is 9.80. The molecule has 0 unspecified atom stereocenters. The summed E-state index contributed by atoms with van der Waals surface area (Å²) in [6.45, 7) is 2.28. The number of carbonyl (C=O) groups is 1. The van der Waals surface area contributed by atoms with E-state index in [9.17, 15) is 4.79 Å². The molecule has 1 rings (SSSR count). The van der Waals surface area contributed by atoms with Gasteiger partial charge in [-0.25, -0.2) is 9.97 Å². The molecular formula is C9H12ClN3O2. The van der Waals surface area contributed by atoms with E-state index in [1.54, 1.807) is 6.07 Å². The first-order valence-electron chi connectivity index (χ1n) is 4.43. The first kappa shape index (κ1) is 11.7. The fourth-order valence-corrected chi connectivity index (χ4v) is 1.24. The second-order valence-corrected chi connectivity index (χ2v) is 3.25. The number of ether oxygens (including phenoxy) is 1. The average molecular weight is 230 g/mol. The minimum Gasteiger partial charge on any atom is -0.469 e. The molecule has 0 saturated carbocycles. The van der Waals surface area contributed by atoms with Crippen molar-refractivity contribution in [3.8, 4) is 0 Å². The molecule has 0 aliphatic carbocycles. The minimum atomic E-state index is -0.264. The van der Waals surface area contributed by atoms with Gasteiger partial charge in [-0.05, 0) is 18.5 Å². The third-order valence-electron chi connectivity index (χ3n) is 1.69. The van der Waals surface area contributed by atoms with Crippen LogP contribution in [0.4, 0.5) is 5.82 Å². The number of rotatable bonds is 4. The van der Waals surface area contributed by atoms with Crippen LogP contribution in [-0.2, 0) is 9.53 Å². The van der Waals surface area contributed by atoms with Crippen molar-refractivity contribution in [1.82, 2.24) is 9.97 Å². The van der Waals surface area contributed by atoms with Crippen LogP contribution in [0.3, 0.4) is 0 Å². The molecule has 0 bridgehead atoms. The molecule has 5 nitrogen and oxygen atoms in total. The van der Waals surface area contributed by atoms with Crippen LogP contribution in [0, 0.1) is 6.92 Å². The van der Waals surface area contributed by atoms with Crippen LogP contribution in [0.2, 0.25) is 5.28 Å². The highest BCUT2D eigenvalue weighted by Crippen LogP contribution is 2.09. The Hall–Kier alpha value is -1.36. The van der Waals surface area contributed by atoms with E-state index >= 15 is 0 Å². The summed E-state index contributed by atoms with van der Waals surface area (Å²) >= 11 is 5.67. The lowest BCUT2D eigenvalue weighted by Crippen LogP contribution is -2.10. The van der Waals surface area contributed by atoms with Crippen LogP contribution in [0.15, 0.2) is 6.07 Å². The molecular weight excluding hydrogens is 218 g/mol. The molecule has 1 heterocycles. The number of methoxy groups -OCH3 is 1. The van der Waals surface area contributed by atoms with E-state index in [4.69, 9.17) is 11.6 Å². The maximum Gasteiger partial charge on any atom is 0.307 e. The Labute approximate surface area is 92.8 Å². The Bertz CT molecular complexity index is 337. The number of nitrogens with zero attached hydrogens (tertiary/aromatic N) is 2. The zero-order valence-corrected chi connectivity index (χ0v) is 9.34. The predicted octanol–water partition coefficient (Wildman–Crippen LogP) is 1.41. The van der Waals surface area contributed by atoms with Crippen molar-refractivity contribution in [2.75, 3.05) is 19.0 Å². The third-order valence-corrected chi connectivity index (χ3v) is 1.86. The quantitative estimate of drug-likeness (QED) is 0.625. The Kier molecular flexibility index (Phi) is 4.30. The topological polar surface area (TPSA) is 64.1 Å². The fraction of sp³-hybridized carbons (Fsp3) is 0.444. The summed E-state index contributed by atoms with van der Waals surface area (Å²) in [4.78, 5) is 18.7. The summed E-state index contributed by atoms with van der Waals surface area (Å²) in [7, 11) is 1.36. The molecule has 0 saturated heterocycles. The number of nitrogens with one attached hydrogen (secondary N) is 1. The molecule has 6 heteroatoms. The number of aryl methyl sites for hydroxylation is 1. The van der Waals surface area contributed by atoms with Crippen molar-refractivity contribution in [2.24, 2.45) is 0 Å². The minimum absolute atomic E-state index is 0.190. The maximum absolute atomic E-state index is 10.8. The van der Waals surface area contributed by atoms with E-state index in [0.717, 1.165) is 5.69 Å². The predicted molar refractivity (Wildman–Crippen MR) is 56.9 cm³/mol. The summed E-state index contributed by atoms with van der Waals surface area (Å²) < 4.78 is 4.50. The first-order chi connectivity index (χ1) is 7.11. The monoisotopic (exact) mass is 229 g/mol. The van der Waals surface area contributed by atoms with E-state index in [2.05, 4.69) is 20.0 Å². The zero-order chi connectivity index (χ0) is 11.3. The molecule has 1 aromatic heterocycles. The summed E-state index contributed by atoms with van der Waals surface area (Å²) in [6.07, 6.45) is 0.289. The molecule has 1 N–H and O–H groups in total. The third kappa shape index (κ3) is 4.12. The molecule has 0 amide bonds. The molecule has 0 aliphatic rings. The van der Waals surface area contributed by atoms with Crippen LogP contribution in [0.1, 0.15) is 12.1 Å². The summed E-state index contributed by atoms with van der Waals surface area (Å²) in [5, 5.41) is 3.15. The van der Waals surface area contributed by atoms with Crippen molar-refractivity contribution in [3.63, 3.8) is 0 Å². The van der Waals surface area contributed by atoms with Gasteiger partial charge in [-0.3, -0.25) is 4.79 Å². The Morgan fingerprint density at radius 1 is 1.60 bits per heavy atom. The number of carbonyl (C=O) groups excluding carboxylic acids is 1. The number of halogens is 1. The van der Waals surface area contributed by atoms with Gasteiger partial charge in [0.2, 0.25) is 5.28 Å². The van der Waals surface area contributed by atoms with Crippen molar-refractivity contribution >= 4 is 23.4 Å². The lowest BCUT2D eigenvalue weighted by molar-refractivity contribution is -0.140. The summed E-state index contributed by atoms with van der Waals surface area (Å²) in [5.41, 5.74) is 0.774. The zero-order valence-electron chi connectivity index (χ0n) is 8.58. The smallest absolute Gasteiger partial charge is 0.307 e.